The molecular formula is C22H24N6O3S. The number of nitro groups is 1. The van der Waals surface area contributed by atoms with Crippen LogP contribution in [0.5, 0.6) is 0 Å². The number of benzene rings is 2. The zero-order valence-electron chi connectivity index (χ0n) is 17.7. The van der Waals surface area contributed by atoms with Gasteiger partial charge in [0.2, 0.25) is 5.91 Å². The standard InChI is InChI=1S/C22H24N6O3S/c1-16(21(29)23-17-8-7-11-19(14-17)28(30)31)32-22-25-24-20(15-26-12-5-6-13-26)27(22)18-9-3-2-4-10-18/h2-4,7-11,14,16H,5-6,12-13,15H2,1H3,(H,23,29). The maximum absolute atomic E-state index is 12.8. The van der Waals surface area contributed by atoms with Gasteiger partial charge in [0, 0.05) is 23.5 Å². The average molecular weight is 453 g/mol. The van der Waals surface area contributed by atoms with E-state index in [1.165, 1.54) is 36.7 Å². The average Bonchev–Trinajstić information content (AvgIpc) is 3.45. The second-order valence-electron chi connectivity index (χ2n) is 7.61. The Morgan fingerprint density at radius 2 is 1.91 bits per heavy atom. The molecule has 0 bridgehead atoms. The SMILES string of the molecule is CC(Sc1nnc(CN2CCCC2)n1-c1ccccc1)C(=O)Nc1cccc([N+](=O)[O-])c1. The van der Waals surface area contributed by atoms with E-state index in [1.54, 1.807) is 19.1 Å². The summed E-state index contributed by atoms with van der Waals surface area (Å²) in [5, 5.41) is 22.7. The topological polar surface area (TPSA) is 106 Å². The summed E-state index contributed by atoms with van der Waals surface area (Å²) < 4.78 is 2.00. The molecule has 1 saturated heterocycles. The molecule has 1 atom stereocenters. The van der Waals surface area contributed by atoms with Crippen LogP contribution < -0.4 is 5.32 Å². The number of nitrogens with zero attached hydrogens (tertiary/aromatic N) is 5. The van der Waals surface area contributed by atoms with E-state index in [-0.39, 0.29) is 11.6 Å². The minimum Gasteiger partial charge on any atom is -0.325 e. The van der Waals surface area contributed by atoms with Crippen molar-refractivity contribution >= 4 is 29.0 Å². The van der Waals surface area contributed by atoms with Gasteiger partial charge in [-0.1, -0.05) is 36.0 Å². The second-order valence-corrected chi connectivity index (χ2v) is 8.92. The highest BCUT2D eigenvalue weighted by atomic mass is 32.2. The van der Waals surface area contributed by atoms with Crippen LogP contribution in [0.3, 0.4) is 0 Å². The summed E-state index contributed by atoms with van der Waals surface area (Å²) in [6.07, 6.45) is 2.38. The third-order valence-corrected chi connectivity index (χ3v) is 6.30. The number of nitrogens with one attached hydrogen (secondary N) is 1. The van der Waals surface area contributed by atoms with Crippen LogP contribution >= 0.6 is 11.8 Å². The molecule has 1 unspecified atom stereocenters. The third-order valence-electron chi connectivity index (χ3n) is 5.25. The van der Waals surface area contributed by atoms with Crippen LogP contribution in [0.25, 0.3) is 5.69 Å². The van der Waals surface area contributed by atoms with E-state index in [0.717, 1.165) is 24.6 Å². The fourth-order valence-electron chi connectivity index (χ4n) is 3.61. The number of carbonyl (C=O) groups excluding carboxylic acids is 1. The number of rotatable bonds is 8. The number of thioether (sulfide) groups is 1. The molecule has 1 N–H and O–H groups in total. The molecule has 10 heteroatoms. The summed E-state index contributed by atoms with van der Waals surface area (Å²) in [6, 6.07) is 15.8. The van der Waals surface area contributed by atoms with E-state index >= 15 is 0 Å². The number of para-hydroxylation sites is 1. The fourth-order valence-corrected chi connectivity index (χ4v) is 4.50. The predicted molar refractivity (Wildman–Crippen MR) is 123 cm³/mol. The molecule has 4 rings (SSSR count). The molecule has 3 aromatic rings. The van der Waals surface area contributed by atoms with Crippen molar-refractivity contribution in [1.29, 1.82) is 0 Å². The van der Waals surface area contributed by atoms with Crippen molar-refractivity contribution in [1.82, 2.24) is 19.7 Å². The highest BCUT2D eigenvalue weighted by Crippen LogP contribution is 2.28. The zero-order chi connectivity index (χ0) is 22.5. The normalized spacial score (nSPS) is 14.9. The smallest absolute Gasteiger partial charge is 0.271 e. The lowest BCUT2D eigenvalue weighted by Crippen LogP contribution is -2.23. The van der Waals surface area contributed by atoms with Crippen LogP contribution in [0.1, 0.15) is 25.6 Å². The zero-order valence-corrected chi connectivity index (χ0v) is 18.5. The van der Waals surface area contributed by atoms with E-state index < -0.39 is 10.2 Å². The van der Waals surface area contributed by atoms with Gasteiger partial charge in [-0.3, -0.25) is 24.4 Å². The molecule has 0 saturated carbocycles. The molecule has 166 valence electrons. The minimum atomic E-state index is -0.488. The van der Waals surface area contributed by atoms with Gasteiger partial charge >= 0.3 is 0 Å². The highest BCUT2D eigenvalue weighted by molar-refractivity contribution is 8.00. The van der Waals surface area contributed by atoms with Gasteiger partial charge in [0.25, 0.3) is 5.69 Å². The number of non-ortho nitro benzene ring substituents is 1. The number of anilines is 1. The number of likely N-dealkylation sites (tertiary alicyclic amines) is 1. The van der Waals surface area contributed by atoms with Gasteiger partial charge in [-0.25, -0.2) is 0 Å². The summed E-state index contributed by atoms with van der Waals surface area (Å²) in [5.41, 5.74) is 1.26. The summed E-state index contributed by atoms with van der Waals surface area (Å²) in [5.74, 6) is 0.575. The number of nitro benzene ring substituents is 1. The van der Waals surface area contributed by atoms with Gasteiger partial charge in [-0.05, 0) is 51.1 Å². The summed E-state index contributed by atoms with van der Waals surface area (Å²) in [6.45, 7) is 4.58. The van der Waals surface area contributed by atoms with E-state index in [4.69, 9.17) is 0 Å². The highest BCUT2D eigenvalue weighted by Gasteiger charge is 2.23. The summed E-state index contributed by atoms with van der Waals surface area (Å²) >= 11 is 1.31. The molecule has 2 aromatic carbocycles. The van der Waals surface area contributed by atoms with Crippen molar-refractivity contribution in [2.24, 2.45) is 0 Å². The summed E-state index contributed by atoms with van der Waals surface area (Å²) in [7, 11) is 0. The Labute approximate surface area is 190 Å². The molecule has 1 aliphatic rings. The van der Waals surface area contributed by atoms with Gasteiger partial charge in [-0.2, -0.15) is 0 Å². The van der Waals surface area contributed by atoms with Gasteiger partial charge in [0.05, 0.1) is 16.7 Å². The Bertz CT molecular complexity index is 1100. The lowest BCUT2D eigenvalue weighted by molar-refractivity contribution is -0.384. The Balaban J connectivity index is 1.52. The predicted octanol–water partition coefficient (Wildman–Crippen LogP) is 3.89. The number of aromatic nitrogens is 3. The molecule has 1 fully saturated rings. The number of carbonyl (C=O) groups is 1. The minimum absolute atomic E-state index is 0.0709. The Kier molecular flexibility index (Phi) is 6.81. The van der Waals surface area contributed by atoms with Crippen LogP contribution in [-0.4, -0.2) is 48.8 Å². The molecule has 0 aliphatic carbocycles. The third kappa shape index (κ3) is 5.14. The first-order valence-electron chi connectivity index (χ1n) is 10.5. The number of hydrogen-bond donors (Lipinski definition) is 1. The molecule has 0 spiro atoms. The van der Waals surface area contributed by atoms with Crippen molar-refractivity contribution < 1.29 is 9.72 Å². The monoisotopic (exact) mass is 452 g/mol. The van der Waals surface area contributed by atoms with Crippen LogP contribution in [0.15, 0.2) is 59.8 Å². The molecule has 1 aromatic heterocycles. The van der Waals surface area contributed by atoms with Crippen molar-refractivity contribution in [3.8, 4) is 5.69 Å². The van der Waals surface area contributed by atoms with Crippen molar-refractivity contribution in [3.63, 3.8) is 0 Å². The van der Waals surface area contributed by atoms with Crippen LogP contribution in [0.4, 0.5) is 11.4 Å². The van der Waals surface area contributed by atoms with Crippen LogP contribution in [-0.2, 0) is 11.3 Å². The quantitative estimate of drug-likeness (QED) is 0.314. The second kappa shape index (κ2) is 9.92. The van der Waals surface area contributed by atoms with Crippen LogP contribution in [0.2, 0.25) is 0 Å². The number of hydrogen-bond acceptors (Lipinski definition) is 7. The fraction of sp³-hybridized carbons (Fsp3) is 0.318. The molecule has 32 heavy (non-hydrogen) atoms. The molecule has 9 nitrogen and oxygen atoms in total. The van der Waals surface area contributed by atoms with E-state index in [9.17, 15) is 14.9 Å². The van der Waals surface area contributed by atoms with Crippen LogP contribution in [0, 0.1) is 10.1 Å². The van der Waals surface area contributed by atoms with Crippen molar-refractivity contribution in [2.45, 2.75) is 36.7 Å². The van der Waals surface area contributed by atoms with Gasteiger partial charge in [-0.15, -0.1) is 10.2 Å². The van der Waals surface area contributed by atoms with E-state index in [2.05, 4.69) is 20.4 Å². The molecule has 0 radical (unpaired) electrons. The Morgan fingerprint density at radius 1 is 1.16 bits per heavy atom. The van der Waals surface area contributed by atoms with Gasteiger partial charge in [0.1, 0.15) is 0 Å². The maximum atomic E-state index is 12.8. The molecule has 1 amide bonds. The Morgan fingerprint density at radius 3 is 2.62 bits per heavy atom. The van der Waals surface area contributed by atoms with Gasteiger partial charge < -0.3 is 5.32 Å². The largest absolute Gasteiger partial charge is 0.325 e. The van der Waals surface area contributed by atoms with Gasteiger partial charge in [0.15, 0.2) is 11.0 Å². The first-order valence-corrected chi connectivity index (χ1v) is 11.3. The van der Waals surface area contributed by atoms with E-state index in [0.29, 0.717) is 17.4 Å². The maximum Gasteiger partial charge on any atom is 0.271 e. The molecular weight excluding hydrogens is 428 g/mol. The van der Waals surface area contributed by atoms with Crippen molar-refractivity contribution in [3.05, 3.63) is 70.5 Å². The van der Waals surface area contributed by atoms with Crippen molar-refractivity contribution in [2.75, 3.05) is 18.4 Å². The molecule has 2 heterocycles. The summed E-state index contributed by atoms with van der Waals surface area (Å²) in [4.78, 5) is 25.6. The molecule has 1 aliphatic heterocycles. The lowest BCUT2D eigenvalue weighted by Gasteiger charge is -2.17. The van der Waals surface area contributed by atoms with E-state index in [1.807, 2.05) is 34.9 Å². The first kappa shape index (κ1) is 22.0. The first-order chi connectivity index (χ1) is 15.5. The number of amides is 1. The Hall–Kier alpha value is -3.24. The lowest BCUT2D eigenvalue weighted by atomic mass is 10.2.